The highest BCUT2D eigenvalue weighted by molar-refractivity contribution is 7.92. The first-order valence-corrected chi connectivity index (χ1v) is 11.8. The van der Waals surface area contributed by atoms with Crippen molar-refractivity contribution in [2.75, 3.05) is 22.0 Å². The fraction of sp³-hybridized carbons (Fsp3) is 0.174. The molecule has 1 amide bonds. The van der Waals surface area contributed by atoms with Crippen LogP contribution in [0.4, 0.5) is 11.4 Å². The Morgan fingerprint density at radius 1 is 1.00 bits per heavy atom. The molecule has 0 fully saturated rings. The van der Waals surface area contributed by atoms with Crippen LogP contribution in [0.15, 0.2) is 72.8 Å². The quantitative estimate of drug-likeness (QED) is 0.586. The van der Waals surface area contributed by atoms with Crippen LogP contribution in [0, 0.1) is 0 Å². The summed E-state index contributed by atoms with van der Waals surface area (Å²) in [5.41, 5.74) is 3.95. The molecule has 0 unspecified atom stereocenters. The van der Waals surface area contributed by atoms with Crippen molar-refractivity contribution in [1.29, 1.82) is 0 Å². The van der Waals surface area contributed by atoms with Gasteiger partial charge in [-0.05, 0) is 60.0 Å². The second kappa shape index (κ2) is 8.13. The summed E-state index contributed by atoms with van der Waals surface area (Å²) in [6, 6.07) is 21.6. The summed E-state index contributed by atoms with van der Waals surface area (Å²) in [6.07, 6.45) is 2.01. The van der Waals surface area contributed by atoms with Crippen LogP contribution in [-0.2, 0) is 23.0 Å². The highest BCUT2D eigenvalue weighted by atomic mass is 35.5. The van der Waals surface area contributed by atoms with Gasteiger partial charge in [0.1, 0.15) is 0 Å². The fourth-order valence-electron chi connectivity index (χ4n) is 3.63. The molecular weight excluding hydrogens is 420 g/mol. The Morgan fingerprint density at radius 2 is 1.67 bits per heavy atom. The third kappa shape index (κ3) is 4.20. The second-order valence-electron chi connectivity index (χ2n) is 7.28. The van der Waals surface area contributed by atoms with Crippen molar-refractivity contribution in [2.24, 2.45) is 0 Å². The predicted molar refractivity (Wildman–Crippen MR) is 121 cm³/mol. The molecule has 0 atom stereocenters. The number of hydrogen-bond acceptors (Lipinski definition) is 3. The number of para-hydroxylation sites is 1. The number of fused-ring (bicyclic) bond motifs is 1. The van der Waals surface area contributed by atoms with E-state index in [9.17, 15) is 13.2 Å². The maximum Gasteiger partial charge on any atom is 0.258 e. The molecule has 0 saturated heterocycles. The summed E-state index contributed by atoms with van der Waals surface area (Å²) < 4.78 is 26.1. The van der Waals surface area contributed by atoms with Gasteiger partial charge < -0.3 is 4.90 Å². The second-order valence-corrected chi connectivity index (χ2v) is 9.62. The van der Waals surface area contributed by atoms with Crippen molar-refractivity contribution >= 4 is 38.9 Å². The Labute approximate surface area is 181 Å². The van der Waals surface area contributed by atoms with E-state index < -0.39 is 10.0 Å². The Hall–Kier alpha value is -2.83. The van der Waals surface area contributed by atoms with Gasteiger partial charge in [-0.1, -0.05) is 41.9 Å². The molecule has 30 heavy (non-hydrogen) atoms. The monoisotopic (exact) mass is 440 g/mol. The fourth-order valence-corrected chi connectivity index (χ4v) is 4.65. The standard InChI is InChI=1S/C23H21ClN2O3S/c1-30(28,29)26(16-17-6-10-20(24)11-7-17)21-12-8-19(9-13-21)23(27)25-15-14-18-4-2-3-5-22(18)25/h2-13H,14-16H2,1H3. The van der Waals surface area contributed by atoms with Gasteiger partial charge in [-0.25, -0.2) is 8.42 Å². The van der Waals surface area contributed by atoms with E-state index in [-0.39, 0.29) is 12.5 Å². The number of hydrogen-bond donors (Lipinski definition) is 0. The Morgan fingerprint density at radius 3 is 2.33 bits per heavy atom. The summed E-state index contributed by atoms with van der Waals surface area (Å²) in [5, 5.41) is 0.594. The zero-order valence-electron chi connectivity index (χ0n) is 16.5. The van der Waals surface area contributed by atoms with Crippen molar-refractivity contribution in [3.63, 3.8) is 0 Å². The molecule has 1 aliphatic heterocycles. The van der Waals surface area contributed by atoms with Gasteiger partial charge in [0.05, 0.1) is 18.5 Å². The number of rotatable bonds is 5. The van der Waals surface area contributed by atoms with Crippen LogP contribution < -0.4 is 9.21 Å². The molecule has 0 radical (unpaired) electrons. The molecule has 3 aromatic rings. The minimum atomic E-state index is -3.51. The van der Waals surface area contributed by atoms with Crippen LogP contribution in [0.1, 0.15) is 21.5 Å². The van der Waals surface area contributed by atoms with Gasteiger partial charge in [-0.3, -0.25) is 9.10 Å². The maximum absolute atomic E-state index is 13.0. The molecule has 3 aromatic carbocycles. The van der Waals surface area contributed by atoms with Crippen molar-refractivity contribution in [1.82, 2.24) is 0 Å². The molecule has 0 bridgehead atoms. The largest absolute Gasteiger partial charge is 0.308 e. The van der Waals surface area contributed by atoms with E-state index in [4.69, 9.17) is 11.6 Å². The molecule has 1 aliphatic rings. The van der Waals surface area contributed by atoms with Gasteiger partial charge in [0.2, 0.25) is 10.0 Å². The topological polar surface area (TPSA) is 57.7 Å². The number of sulfonamides is 1. The zero-order chi connectivity index (χ0) is 21.3. The molecule has 0 spiro atoms. The molecule has 0 saturated carbocycles. The molecular formula is C23H21ClN2O3S. The minimum Gasteiger partial charge on any atom is -0.308 e. The SMILES string of the molecule is CS(=O)(=O)N(Cc1ccc(Cl)cc1)c1ccc(C(=O)N2CCc3ccccc32)cc1. The van der Waals surface area contributed by atoms with Crippen LogP contribution in [0.3, 0.4) is 0 Å². The lowest BCUT2D eigenvalue weighted by Gasteiger charge is -2.23. The minimum absolute atomic E-state index is 0.0879. The van der Waals surface area contributed by atoms with E-state index in [0.29, 0.717) is 22.8 Å². The lowest BCUT2D eigenvalue weighted by atomic mass is 10.1. The maximum atomic E-state index is 13.0. The van der Waals surface area contributed by atoms with Gasteiger partial charge in [-0.2, -0.15) is 0 Å². The first-order valence-electron chi connectivity index (χ1n) is 9.55. The van der Waals surface area contributed by atoms with Gasteiger partial charge in [0, 0.05) is 22.8 Å². The molecule has 7 heteroatoms. The first kappa shape index (κ1) is 20.4. The molecule has 0 aromatic heterocycles. The smallest absolute Gasteiger partial charge is 0.258 e. The predicted octanol–water partition coefficient (Wildman–Crippen LogP) is 4.51. The van der Waals surface area contributed by atoms with Crippen molar-refractivity contribution in [2.45, 2.75) is 13.0 Å². The third-order valence-electron chi connectivity index (χ3n) is 5.17. The van der Waals surface area contributed by atoms with Gasteiger partial charge in [-0.15, -0.1) is 0 Å². The van der Waals surface area contributed by atoms with Crippen LogP contribution in [0.5, 0.6) is 0 Å². The number of amides is 1. The number of anilines is 2. The molecule has 1 heterocycles. The number of carbonyl (C=O) groups excluding carboxylic acids is 1. The lowest BCUT2D eigenvalue weighted by molar-refractivity contribution is 0.0989. The summed E-state index contributed by atoms with van der Waals surface area (Å²) in [5.74, 6) is -0.0879. The summed E-state index contributed by atoms with van der Waals surface area (Å²) in [4.78, 5) is 14.8. The number of nitrogens with zero attached hydrogens (tertiary/aromatic N) is 2. The Balaban J connectivity index is 1.58. The van der Waals surface area contributed by atoms with Gasteiger partial charge >= 0.3 is 0 Å². The molecule has 4 rings (SSSR count). The normalized spacial score (nSPS) is 13.2. The van der Waals surface area contributed by atoms with Gasteiger partial charge in [0.15, 0.2) is 0 Å². The van der Waals surface area contributed by atoms with Crippen LogP contribution in [0.2, 0.25) is 5.02 Å². The van der Waals surface area contributed by atoms with Crippen LogP contribution in [0.25, 0.3) is 0 Å². The molecule has 0 N–H and O–H groups in total. The summed E-state index contributed by atoms with van der Waals surface area (Å²) in [6.45, 7) is 0.828. The van der Waals surface area contributed by atoms with Crippen LogP contribution in [-0.4, -0.2) is 27.1 Å². The first-order chi connectivity index (χ1) is 14.3. The molecule has 5 nitrogen and oxygen atoms in total. The summed E-state index contributed by atoms with van der Waals surface area (Å²) >= 11 is 5.92. The third-order valence-corrected chi connectivity index (χ3v) is 6.57. The molecule has 0 aliphatic carbocycles. The average Bonchev–Trinajstić information content (AvgIpc) is 3.16. The van der Waals surface area contributed by atoms with E-state index in [0.717, 1.165) is 23.2 Å². The number of halogens is 1. The van der Waals surface area contributed by atoms with Crippen molar-refractivity contribution in [3.8, 4) is 0 Å². The van der Waals surface area contributed by atoms with E-state index in [2.05, 4.69) is 0 Å². The van der Waals surface area contributed by atoms with E-state index in [1.54, 1.807) is 53.4 Å². The van der Waals surface area contributed by atoms with Crippen molar-refractivity contribution in [3.05, 3.63) is 94.5 Å². The lowest BCUT2D eigenvalue weighted by Crippen LogP contribution is -2.30. The van der Waals surface area contributed by atoms with E-state index in [1.165, 1.54) is 10.6 Å². The number of benzene rings is 3. The highest BCUT2D eigenvalue weighted by Gasteiger charge is 2.25. The van der Waals surface area contributed by atoms with E-state index in [1.807, 2.05) is 24.3 Å². The highest BCUT2D eigenvalue weighted by Crippen LogP contribution is 2.29. The van der Waals surface area contributed by atoms with E-state index >= 15 is 0 Å². The zero-order valence-corrected chi connectivity index (χ0v) is 18.0. The van der Waals surface area contributed by atoms with Crippen LogP contribution >= 0.6 is 11.6 Å². The van der Waals surface area contributed by atoms with Gasteiger partial charge in [0.25, 0.3) is 5.91 Å². The van der Waals surface area contributed by atoms with Crippen molar-refractivity contribution < 1.29 is 13.2 Å². The Kier molecular flexibility index (Phi) is 5.54. The Bertz CT molecular complexity index is 1180. The average molecular weight is 441 g/mol. The summed E-state index contributed by atoms with van der Waals surface area (Å²) in [7, 11) is -3.51. The number of carbonyl (C=O) groups is 1. The molecule has 154 valence electrons.